The highest BCUT2D eigenvalue weighted by Crippen LogP contribution is 2.50. The Morgan fingerprint density at radius 3 is 1.31 bits per heavy atom. The highest BCUT2D eigenvalue weighted by atomic mass is 31.2. The van der Waals surface area contributed by atoms with Crippen LogP contribution in [-0.4, -0.2) is 54.5 Å². The van der Waals surface area contributed by atoms with E-state index in [2.05, 4.69) is 27.7 Å². The van der Waals surface area contributed by atoms with E-state index >= 15 is 0 Å². The number of hydrogen-bond acceptors (Lipinski definition) is 6. The van der Waals surface area contributed by atoms with Crippen LogP contribution in [0.5, 0.6) is 5.75 Å². The second kappa shape index (κ2) is 15.3. The molecule has 1 aromatic rings. The fourth-order valence-electron chi connectivity index (χ4n) is 3.84. The molecule has 0 saturated carbocycles. The number of benzene rings is 1. The van der Waals surface area contributed by atoms with Crippen molar-refractivity contribution in [1.29, 1.82) is 0 Å². The largest absolute Gasteiger partial charge is 0.870 e. The maximum atomic E-state index is 12.5. The number of phosphoric ester groups is 1. The summed E-state index contributed by atoms with van der Waals surface area (Å²) in [5.74, 6) is 0.307. The van der Waals surface area contributed by atoms with Crippen LogP contribution in [0.2, 0.25) is 0 Å². The van der Waals surface area contributed by atoms with E-state index in [1.165, 1.54) is 30.7 Å². The predicted octanol–water partition coefficient (Wildman–Crippen LogP) is 7.39. The maximum absolute atomic E-state index is 12.5. The Morgan fingerprint density at radius 1 is 0.743 bits per heavy atom. The van der Waals surface area contributed by atoms with Gasteiger partial charge in [-0.05, 0) is 81.2 Å². The third-order valence-corrected chi connectivity index (χ3v) is 8.03. The third-order valence-electron chi connectivity index (χ3n) is 6.43. The lowest BCUT2D eigenvalue weighted by atomic mass is 9.78. The van der Waals surface area contributed by atoms with E-state index in [-0.39, 0.29) is 36.1 Å². The maximum Gasteiger partial charge on any atom is 0.475 e. The van der Waals surface area contributed by atoms with Gasteiger partial charge in [-0.1, -0.05) is 41.5 Å². The van der Waals surface area contributed by atoms with Crippen molar-refractivity contribution in [3.8, 4) is 5.75 Å². The molecule has 0 saturated heterocycles. The SMILES string of the molecule is CCOP(=O)(OCC)OCc1cc(C(C)(C)C)c(O)c(C(C)(C)C)c1.CC[N+](CC)(CC)CC.[OH-]. The number of phenols is 1. The molecule has 1 aromatic carbocycles. The molecule has 0 aliphatic heterocycles. The smallest absolute Gasteiger partial charge is 0.475 e. The molecule has 7 nitrogen and oxygen atoms in total. The van der Waals surface area contributed by atoms with Gasteiger partial charge in [0.05, 0.1) is 46.0 Å². The van der Waals surface area contributed by atoms with E-state index in [1.54, 1.807) is 13.8 Å². The highest BCUT2D eigenvalue weighted by Gasteiger charge is 2.29. The lowest BCUT2D eigenvalue weighted by Gasteiger charge is -2.34. The average molecular weight is 520 g/mol. The molecule has 0 aromatic heterocycles. The van der Waals surface area contributed by atoms with Crippen molar-refractivity contribution >= 4 is 7.82 Å². The first-order valence-corrected chi connectivity index (χ1v) is 14.3. The fourth-order valence-corrected chi connectivity index (χ4v) is 5.01. The van der Waals surface area contributed by atoms with Gasteiger partial charge in [0.1, 0.15) is 5.75 Å². The summed E-state index contributed by atoms with van der Waals surface area (Å²) in [7, 11) is -3.57. The molecule has 208 valence electrons. The molecular weight excluding hydrogens is 465 g/mol. The summed E-state index contributed by atoms with van der Waals surface area (Å²) in [4.78, 5) is 0. The summed E-state index contributed by atoms with van der Waals surface area (Å²) in [6.07, 6.45) is 0. The van der Waals surface area contributed by atoms with Gasteiger partial charge in [-0.25, -0.2) is 4.57 Å². The molecule has 0 amide bonds. The third kappa shape index (κ3) is 11.3. The molecule has 0 atom stereocenters. The van der Waals surface area contributed by atoms with Crippen LogP contribution >= 0.6 is 7.82 Å². The molecule has 0 spiro atoms. The van der Waals surface area contributed by atoms with E-state index in [0.717, 1.165) is 16.7 Å². The van der Waals surface area contributed by atoms with Gasteiger partial charge >= 0.3 is 7.82 Å². The summed E-state index contributed by atoms with van der Waals surface area (Å²) in [5, 5.41) is 10.7. The number of hydrogen-bond donors (Lipinski definition) is 1. The van der Waals surface area contributed by atoms with E-state index in [4.69, 9.17) is 13.6 Å². The molecule has 35 heavy (non-hydrogen) atoms. The Kier molecular flexibility index (Phi) is 15.9. The van der Waals surface area contributed by atoms with Gasteiger partial charge in [0, 0.05) is 0 Å². The normalized spacial score (nSPS) is 12.6. The zero-order valence-corrected chi connectivity index (χ0v) is 25.4. The molecular formula is C27H54NO6P. The topological polar surface area (TPSA) is 95.0 Å². The molecule has 0 unspecified atom stereocenters. The fraction of sp³-hybridized carbons (Fsp3) is 0.778. The van der Waals surface area contributed by atoms with Crippen LogP contribution in [-0.2, 0) is 35.6 Å². The van der Waals surface area contributed by atoms with Gasteiger partial charge in [-0.15, -0.1) is 0 Å². The van der Waals surface area contributed by atoms with Crippen molar-refractivity contribution < 1.29 is 33.2 Å². The second-order valence-electron chi connectivity index (χ2n) is 10.7. The van der Waals surface area contributed by atoms with Crippen LogP contribution < -0.4 is 0 Å². The van der Waals surface area contributed by atoms with Crippen LogP contribution in [0.15, 0.2) is 12.1 Å². The quantitative estimate of drug-likeness (QED) is 0.242. The van der Waals surface area contributed by atoms with Gasteiger partial charge in [0.25, 0.3) is 0 Å². The minimum absolute atomic E-state index is 0. The molecule has 0 bridgehead atoms. The average Bonchev–Trinajstić information content (AvgIpc) is 2.74. The number of rotatable bonds is 11. The standard InChI is InChI=1S/C19H33O5P.C8H20N.H2O/c1-9-22-25(21,23-10-2)24-13-14-11-15(18(3,4)5)17(20)16(12-14)19(6,7)8;1-5-9(6-2,7-3)8-4;/h11-12,20H,9-10,13H2,1-8H3;5-8H2,1-4H3;1H2/q;+1;/p-1. The zero-order chi connectivity index (χ0) is 26.8. The summed E-state index contributed by atoms with van der Waals surface area (Å²) >= 11 is 0. The van der Waals surface area contributed by atoms with Crippen molar-refractivity contribution in [3.63, 3.8) is 0 Å². The first kappa shape index (κ1) is 36.2. The lowest BCUT2D eigenvalue weighted by Crippen LogP contribution is -2.47. The number of phenolic OH excluding ortho intramolecular Hbond substituents is 1. The molecule has 0 aliphatic rings. The second-order valence-corrected chi connectivity index (χ2v) is 12.4. The molecule has 0 aliphatic carbocycles. The van der Waals surface area contributed by atoms with Crippen molar-refractivity contribution in [2.75, 3.05) is 39.4 Å². The first-order valence-electron chi connectivity index (χ1n) is 12.8. The summed E-state index contributed by atoms with van der Waals surface area (Å²) < 4.78 is 29.6. The lowest BCUT2D eigenvalue weighted by molar-refractivity contribution is -0.921. The van der Waals surface area contributed by atoms with Crippen molar-refractivity contribution in [2.45, 2.75) is 101 Å². The van der Waals surface area contributed by atoms with E-state index < -0.39 is 7.82 Å². The minimum atomic E-state index is -3.57. The van der Waals surface area contributed by atoms with Crippen LogP contribution in [0.1, 0.15) is 99.8 Å². The van der Waals surface area contributed by atoms with Gasteiger partial charge in [-0.2, -0.15) is 0 Å². The highest BCUT2D eigenvalue weighted by molar-refractivity contribution is 7.48. The molecule has 0 fully saturated rings. The van der Waals surface area contributed by atoms with Crippen molar-refractivity contribution in [1.82, 2.24) is 0 Å². The molecule has 0 radical (unpaired) electrons. The predicted molar refractivity (Wildman–Crippen MR) is 146 cm³/mol. The first-order chi connectivity index (χ1) is 15.6. The molecule has 0 heterocycles. The van der Waals surface area contributed by atoms with E-state index in [1.807, 2.05) is 53.7 Å². The van der Waals surface area contributed by atoms with Gasteiger partial charge in [0.2, 0.25) is 0 Å². The Bertz CT molecular complexity index is 716. The Labute approximate surface area is 215 Å². The van der Waals surface area contributed by atoms with Gasteiger partial charge in [-0.3, -0.25) is 13.6 Å². The van der Waals surface area contributed by atoms with Crippen LogP contribution in [0.3, 0.4) is 0 Å². The molecule has 8 heteroatoms. The van der Waals surface area contributed by atoms with Crippen molar-refractivity contribution in [2.24, 2.45) is 0 Å². The van der Waals surface area contributed by atoms with E-state index in [0.29, 0.717) is 5.75 Å². The monoisotopic (exact) mass is 519 g/mol. The molecule has 1 rings (SSSR count). The molecule has 2 N–H and O–H groups in total. The number of quaternary nitrogens is 1. The van der Waals surface area contributed by atoms with Crippen molar-refractivity contribution in [3.05, 3.63) is 28.8 Å². The summed E-state index contributed by atoms with van der Waals surface area (Å²) in [6, 6.07) is 3.79. The summed E-state index contributed by atoms with van der Waals surface area (Å²) in [5.41, 5.74) is 2.03. The number of phosphoric acid groups is 1. The van der Waals surface area contributed by atoms with Gasteiger partial charge in [0.15, 0.2) is 0 Å². The minimum Gasteiger partial charge on any atom is -0.870 e. The van der Waals surface area contributed by atoms with Gasteiger partial charge < -0.3 is 15.1 Å². The Hall–Kier alpha value is -0.950. The van der Waals surface area contributed by atoms with Crippen LogP contribution in [0.4, 0.5) is 0 Å². The number of nitrogens with zero attached hydrogens (tertiary/aromatic N) is 1. The van der Waals surface area contributed by atoms with Crippen LogP contribution in [0.25, 0.3) is 0 Å². The summed E-state index contributed by atoms with van der Waals surface area (Å²) in [6.45, 7) is 30.6. The Morgan fingerprint density at radius 2 is 1.09 bits per heavy atom. The van der Waals surface area contributed by atoms with Crippen LogP contribution in [0, 0.1) is 0 Å². The zero-order valence-electron chi connectivity index (χ0n) is 24.5. The number of aromatic hydroxyl groups is 1. The van der Waals surface area contributed by atoms with E-state index in [9.17, 15) is 9.67 Å². The Balaban J connectivity index is 0.